The predicted molar refractivity (Wildman–Crippen MR) is 83.7 cm³/mol. The second-order valence-corrected chi connectivity index (χ2v) is 5.70. The molecule has 3 heteroatoms. The maximum Gasteiger partial charge on any atom is 0.219 e. The summed E-state index contributed by atoms with van der Waals surface area (Å²) in [6.07, 6.45) is 12.0. The second-order valence-electron chi connectivity index (χ2n) is 4.62. The van der Waals surface area contributed by atoms with Crippen molar-refractivity contribution in [3.8, 4) is 0 Å². The lowest BCUT2D eigenvalue weighted by Gasteiger charge is -2.04. The molecular weight excluding hydrogens is 325 g/mol. The lowest BCUT2D eigenvalue weighted by molar-refractivity contribution is -0.121. The van der Waals surface area contributed by atoms with Crippen molar-refractivity contribution in [1.29, 1.82) is 0 Å². The van der Waals surface area contributed by atoms with Crippen LogP contribution in [0.15, 0.2) is 0 Å². The van der Waals surface area contributed by atoms with Gasteiger partial charge in [0.2, 0.25) is 5.91 Å². The van der Waals surface area contributed by atoms with Gasteiger partial charge in [0, 0.05) is 13.0 Å². The normalized spacial score (nSPS) is 10.5. The first-order valence-corrected chi connectivity index (χ1v) is 8.66. The van der Waals surface area contributed by atoms with Crippen molar-refractivity contribution in [2.45, 2.75) is 71.1 Å². The van der Waals surface area contributed by atoms with Gasteiger partial charge in [0.15, 0.2) is 0 Å². The summed E-state index contributed by atoms with van der Waals surface area (Å²) in [7, 11) is 0. The first-order valence-electron chi connectivity index (χ1n) is 7.14. The maximum absolute atomic E-state index is 11.4. The third-order valence-electron chi connectivity index (χ3n) is 2.89. The van der Waals surface area contributed by atoms with E-state index in [1.165, 1.54) is 49.4 Å². The number of amides is 1. The second kappa shape index (κ2) is 14.3. The number of hydrogen-bond donors (Lipinski definition) is 1. The largest absolute Gasteiger partial charge is 0.356 e. The number of alkyl halides is 1. The van der Waals surface area contributed by atoms with Gasteiger partial charge in [0.05, 0.1) is 0 Å². The number of nitrogens with one attached hydrogen (secondary N) is 1. The summed E-state index contributed by atoms with van der Waals surface area (Å²) in [4.78, 5) is 11.4. The molecule has 1 N–H and O–H groups in total. The Morgan fingerprint density at radius 2 is 1.59 bits per heavy atom. The monoisotopic (exact) mass is 353 g/mol. The van der Waals surface area contributed by atoms with Crippen molar-refractivity contribution in [2.24, 2.45) is 0 Å². The highest BCUT2D eigenvalue weighted by molar-refractivity contribution is 14.1. The molecule has 1 amide bonds. The molecule has 0 saturated carbocycles. The van der Waals surface area contributed by atoms with Crippen LogP contribution in [0.25, 0.3) is 0 Å². The average molecular weight is 353 g/mol. The molecule has 17 heavy (non-hydrogen) atoms. The minimum absolute atomic E-state index is 0.243. The van der Waals surface area contributed by atoms with Gasteiger partial charge in [-0.05, 0) is 23.7 Å². The van der Waals surface area contributed by atoms with Crippen LogP contribution >= 0.6 is 22.6 Å². The van der Waals surface area contributed by atoms with Crippen molar-refractivity contribution in [3.05, 3.63) is 0 Å². The van der Waals surface area contributed by atoms with Gasteiger partial charge < -0.3 is 5.32 Å². The van der Waals surface area contributed by atoms with Crippen molar-refractivity contribution in [3.63, 3.8) is 0 Å². The van der Waals surface area contributed by atoms with E-state index in [1.54, 1.807) is 0 Å². The topological polar surface area (TPSA) is 29.1 Å². The van der Waals surface area contributed by atoms with Gasteiger partial charge in [-0.1, -0.05) is 68.0 Å². The van der Waals surface area contributed by atoms with Crippen LogP contribution in [0.5, 0.6) is 0 Å². The Bertz CT molecular complexity index is 174. The van der Waals surface area contributed by atoms with Crippen molar-refractivity contribution in [2.75, 3.05) is 11.0 Å². The highest BCUT2D eigenvalue weighted by Gasteiger charge is 1.99. The van der Waals surface area contributed by atoms with Crippen LogP contribution < -0.4 is 5.32 Å². The van der Waals surface area contributed by atoms with Crippen LogP contribution in [0.3, 0.4) is 0 Å². The zero-order valence-corrected chi connectivity index (χ0v) is 13.4. The molecule has 0 fully saturated rings. The van der Waals surface area contributed by atoms with Gasteiger partial charge in [-0.2, -0.15) is 0 Å². The number of unbranched alkanes of at least 4 members (excludes halogenated alkanes) is 7. The molecule has 2 nitrogen and oxygen atoms in total. The summed E-state index contributed by atoms with van der Waals surface area (Å²) in [6, 6.07) is 0. The zero-order valence-electron chi connectivity index (χ0n) is 11.3. The van der Waals surface area contributed by atoms with E-state index in [9.17, 15) is 4.79 Å². The van der Waals surface area contributed by atoms with Gasteiger partial charge in [0.1, 0.15) is 0 Å². The number of carbonyl (C=O) groups excluding carboxylic acids is 1. The third kappa shape index (κ3) is 14.1. The van der Waals surface area contributed by atoms with Crippen molar-refractivity contribution < 1.29 is 4.79 Å². The van der Waals surface area contributed by atoms with Crippen LogP contribution in [0.1, 0.15) is 71.1 Å². The van der Waals surface area contributed by atoms with Crippen LogP contribution in [0, 0.1) is 0 Å². The van der Waals surface area contributed by atoms with Crippen LogP contribution in [-0.2, 0) is 4.79 Å². The number of carbonyl (C=O) groups is 1. The summed E-state index contributed by atoms with van der Waals surface area (Å²) < 4.78 is 1.19. The average Bonchev–Trinajstić information content (AvgIpc) is 2.33. The van der Waals surface area contributed by atoms with Crippen molar-refractivity contribution >= 4 is 28.5 Å². The minimum atomic E-state index is 0.243. The standard InChI is InChI=1S/C14H28INO/c1-2-3-4-5-6-7-8-11-14(17)16-13-10-9-12-15/h2-13H2,1H3,(H,16,17). The van der Waals surface area contributed by atoms with Gasteiger partial charge in [-0.25, -0.2) is 0 Å². The summed E-state index contributed by atoms with van der Waals surface area (Å²) >= 11 is 2.37. The highest BCUT2D eigenvalue weighted by Crippen LogP contribution is 2.08. The maximum atomic E-state index is 11.4. The first-order chi connectivity index (χ1) is 8.31. The molecule has 0 aromatic rings. The van der Waals surface area contributed by atoms with E-state index >= 15 is 0 Å². The Morgan fingerprint density at radius 3 is 2.24 bits per heavy atom. The Hall–Kier alpha value is 0.200. The van der Waals surface area contributed by atoms with E-state index < -0.39 is 0 Å². The molecular formula is C14H28INO. The van der Waals surface area contributed by atoms with E-state index in [2.05, 4.69) is 34.8 Å². The first kappa shape index (κ1) is 17.2. The quantitative estimate of drug-likeness (QED) is 0.313. The zero-order chi connectivity index (χ0) is 12.8. The summed E-state index contributed by atoms with van der Waals surface area (Å²) in [5, 5.41) is 2.99. The van der Waals surface area contributed by atoms with Crippen LogP contribution in [-0.4, -0.2) is 16.9 Å². The van der Waals surface area contributed by atoms with E-state index in [0.29, 0.717) is 0 Å². The van der Waals surface area contributed by atoms with Crippen LogP contribution in [0.2, 0.25) is 0 Å². The Kier molecular flexibility index (Phi) is 14.4. The molecule has 0 aromatic carbocycles. The van der Waals surface area contributed by atoms with E-state index in [4.69, 9.17) is 0 Å². The number of hydrogen-bond acceptors (Lipinski definition) is 1. The Morgan fingerprint density at radius 1 is 0.941 bits per heavy atom. The molecule has 0 bridgehead atoms. The summed E-state index contributed by atoms with van der Waals surface area (Å²) in [5.41, 5.74) is 0. The lowest BCUT2D eigenvalue weighted by Crippen LogP contribution is -2.24. The Balaban J connectivity index is 3.11. The SMILES string of the molecule is CCCCCCCCCC(=O)NCCCCI. The van der Waals surface area contributed by atoms with E-state index in [0.717, 1.165) is 25.8 Å². The molecule has 0 radical (unpaired) electrons. The molecule has 0 spiro atoms. The smallest absolute Gasteiger partial charge is 0.219 e. The van der Waals surface area contributed by atoms with E-state index in [1.807, 2.05) is 0 Å². The molecule has 0 heterocycles. The highest BCUT2D eigenvalue weighted by atomic mass is 127. The fourth-order valence-corrected chi connectivity index (χ4v) is 2.32. The van der Waals surface area contributed by atoms with Gasteiger partial charge in [-0.15, -0.1) is 0 Å². The molecule has 0 aliphatic carbocycles. The van der Waals surface area contributed by atoms with Crippen LogP contribution in [0.4, 0.5) is 0 Å². The summed E-state index contributed by atoms with van der Waals surface area (Å²) in [5.74, 6) is 0.243. The fourth-order valence-electron chi connectivity index (χ4n) is 1.78. The lowest BCUT2D eigenvalue weighted by atomic mass is 10.1. The molecule has 0 aliphatic rings. The number of halogens is 1. The molecule has 0 atom stereocenters. The van der Waals surface area contributed by atoms with E-state index in [-0.39, 0.29) is 5.91 Å². The van der Waals surface area contributed by atoms with Gasteiger partial charge >= 0.3 is 0 Å². The van der Waals surface area contributed by atoms with Gasteiger partial charge in [0.25, 0.3) is 0 Å². The molecule has 102 valence electrons. The predicted octanol–water partition coefficient (Wildman–Crippen LogP) is 4.46. The van der Waals surface area contributed by atoms with Crippen molar-refractivity contribution in [1.82, 2.24) is 5.32 Å². The number of rotatable bonds is 12. The molecule has 0 unspecified atom stereocenters. The fraction of sp³-hybridized carbons (Fsp3) is 0.929. The molecule has 0 aromatic heterocycles. The molecule has 0 rings (SSSR count). The molecule has 0 saturated heterocycles. The molecule has 0 aliphatic heterocycles. The minimum Gasteiger partial charge on any atom is -0.356 e. The third-order valence-corrected chi connectivity index (χ3v) is 3.65. The Labute approximate surface area is 120 Å². The summed E-state index contributed by atoms with van der Waals surface area (Å²) in [6.45, 7) is 3.10. The van der Waals surface area contributed by atoms with Gasteiger partial charge in [-0.3, -0.25) is 4.79 Å².